The molecule has 1 aliphatic heterocycles. The second-order valence-electron chi connectivity index (χ2n) is 3.81. The minimum atomic E-state index is -0.723. The lowest BCUT2D eigenvalue weighted by atomic mass is 9.83. The highest BCUT2D eigenvalue weighted by atomic mass is 16.3. The zero-order chi connectivity index (χ0) is 9.31. The number of aliphatic hydroxyl groups is 1. The smallest absolute Gasteiger partial charge is 0.102 e. The molecule has 1 aromatic carbocycles. The summed E-state index contributed by atoms with van der Waals surface area (Å²) < 4.78 is 0. The minimum Gasteiger partial charge on any atom is -0.384 e. The van der Waals surface area contributed by atoms with E-state index in [0.717, 1.165) is 18.5 Å². The molecule has 0 bridgehead atoms. The van der Waals surface area contributed by atoms with Crippen molar-refractivity contribution in [2.45, 2.75) is 25.0 Å². The Balaban J connectivity index is 2.23. The van der Waals surface area contributed by atoms with Gasteiger partial charge in [0.15, 0.2) is 0 Å². The SMILES string of the molecule is CC(O)(c1ccccc1)[C@@H]1CCN1. The van der Waals surface area contributed by atoms with E-state index >= 15 is 0 Å². The van der Waals surface area contributed by atoms with Crippen molar-refractivity contribution in [1.29, 1.82) is 0 Å². The van der Waals surface area contributed by atoms with E-state index in [1.165, 1.54) is 0 Å². The van der Waals surface area contributed by atoms with Gasteiger partial charge < -0.3 is 10.4 Å². The average Bonchev–Trinajstić information content (AvgIpc) is 2.02. The molecule has 1 heterocycles. The van der Waals surface area contributed by atoms with Crippen LogP contribution >= 0.6 is 0 Å². The van der Waals surface area contributed by atoms with Crippen LogP contribution < -0.4 is 5.32 Å². The third-order valence-electron chi connectivity index (χ3n) is 2.86. The first-order chi connectivity index (χ1) is 6.21. The molecule has 1 unspecified atom stereocenters. The van der Waals surface area contributed by atoms with Gasteiger partial charge in [-0.1, -0.05) is 30.3 Å². The average molecular weight is 177 g/mol. The molecule has 2 nitrogen and oxygen atoms in total. The fraction of sp³-hybridized carbons (Fsp3) is 0.455. The number of rotatable bonds is 2. The third kappa shape index (κ3) is 1.47. The Morgan fingerprint density at radius 1 is 1.38 bits per heavy atom. The molecule has 1 aliphatic rings. The van der Waals surface area contributed by atoms with E-state index in [0.29, 0.717) is 0 Å². The van der Waals surface area contributed by atoms with Crippen molar-refractivity contribution in [1.82, 2.24) is 5.32 Å². The molecule has 2 N–H and O–H groups in total. The number of nitrogens with one attached hydrogen (secondary N) is 1. The summed E-state index contributed by atoms with van der Waals surface area (Å²) in [6.07, 6.45) is 1.06. The highest BCUT2D eigenvalue weighted by Gasteiger charge is 2.36. The van der Waals surface area contributed by atoms with Gasteiger partial charge in [0.05, 0.1) is 0 Å². The maximum atomic E-state index is 10.2. The van der Waals surface area contributed by atoms with Gasteiger partial charge in [0.1, 0.15) is 5.60 Å². The molecule has 1 aromatic rings. The van der Waals surface area contributed by atoms with Crippen LogP contribution in [0.5, 0.6) is 0 Å². The molecule has 2 heteroatoms. The highest BCUT2D eigenvalue weighted by molar-refractivity contribution is 5.24. The lowest BCUT2D eigenvalue weighted by Gasteiger charge is -2.40. The molecule has 13 heavy (non-hydrogen) atoms. The van der Waals surface area contributed by atoms with Crippen molar-refractivity contribution in [3.05, 3.63) is 35.9 Å². The van der Waals surface area contributed by atoms with Gasteiger partial charge in [0.25, 0.3) is 0 Å². The van der Waals surface area contributed by atoms with Gasteiger partial charge in [-0.3, -0.25) is 0 Å². The molecule has 0 aliphatic carbocycles. The van der Waals surface area contributed by atoms with Crippen LogP contribution in [-0.4, -0.2) is 17.7 Å². The molecule has 0 amide bonds. The molecule has 70 valence electrons. The molecule has 0 radical (unpaired) electrons. The van der Waals surface area contributed by atoms with Crippen LogP contribution in [0.4, 0.5) is 0 Å². The lowest BCUT2D eigenvalue weighted by Crippen LogP contribution is -2.55. The van der Waals surface area contributed by atoms with Crippen LogP contribution in [0, 0.1) is 0 Å². The molecule has 0 spiro atoms. The summed E-state index contributed by atoms with van der Waals surface area (Å²) in [7, 11) is 0. The summed E-state index contributed by atoms with van der Waals surface area (Å²) in [6, 6.07) is 10.0. The second-order valence-corrected chi connectivity index (χ2v) is 3.81. The Hall–Kier alpha value is -0.860. The van der Waals surface area contributed by atoms with Gasteiger partial charge in [-0.05, 0) is 25.5 Å². The summed E-state index contributed by atoms with van der Waals surface area (Å²) >= 11 is 0. The van der Waals surface area contributed by atoms with E-state index in [-0.39, 0.29) is 6.04 Å². The maximum Gasteiger partial charge on any atom is 0.102 e. The van der Waals surface area contributed by atoms with E-state index in [9.17, 15) is 5.11 Å². The largest absolute Gasteiger partial charge is 0.384 e. The Morgan fingerprint density at radius 3 is 2.46 bits per heavy atom. The first-order valence-electron chi connectivity index (χ1n) is 4.72. The molecular formula is C11H15NO. The van der Waals surface area contributed by atoms with Crippen LogP contribution in [0.1, 0.15) is 18.9 Å². The van der Waals surface area contributed by atoms with Crippen LogP contribution in [0.25, 0.3) is 0 Å². The molecule has 0 saturated carbocycles. The minimum absolute atomic E-state index is 0.218. The predicted octanol–water partition coefficient (Wildman–Crippen LogP) is 1.26. The van der Waals surface area contributed by atoms with Crippen LogP contribution in [-0.2, 0) is 5.60 Å². The van der Waals surface area contributed by atoms with Gasteiger partial charge in [-0.25, -0.2) is 0 Å². The zero-order valence-electron chi connectivity index (χ0n) is 7.83. The molecule has 2 atom stereocenters. The molecule has 2 rings (SSSR count). The second kappa shape index (κ2) is 3.13. The fourth-order valence-electron chi connectivity index (χ4n) is 1.75. The van der Waals surface area contributed by atoms with Gasteiger partial charge >= 0.3 is 0 Å². The van der Waals surface area contributed by atoms with Gasteiger partial charge in [-0.2, -0.15) is 0 Å². The van der Waals surface area contributed by atoms with Gasteiger partial charge in [0.2, 0.25) is 0 Å². The van der Waals surface area contributed by atoms with Crippen molar-refractivity contribution < 1.29 is 5.11 Å². The first-order valence-corrected chi connectivity index (χ1v) is 4.72. The predicted molar refractivity (Wildman–Crippen MR) is 52.4 cm³/mol. The summed E-state index contributed by atoms with van der Waals surface area (Å²) in [5, 5.41) is 13.5. The monoisotopic (exact) mass is 177 g/mol. The third-order valence-corrected chi connectivity index (χ3v) is 2.86. The Bertz CT molecular complexity index is 277. The highest BCUT2D eigenvalue weighted by Crippen LogP contribution is 2.28. The van der Waals surface area contributed by atoms with E-state index in [1.54, 1.807) is 0 Å². The summed E-state index contributed by atoms with van der Waals surface area (Å²) in [5.41, 5.74) is 0.270. The molecule has 1 saturated heterocycles. The van der Waals surface area contributed by atoms with Crippen LogP contribution in [0.15, 0.2) is 30.3 Å². The first kappa shape index (κ1) is 8.73. The number of hydrogen-bond donors (Lipinski definition) is 2. The van der Waals surface area contributed by atoms with Crippen LogP contribution in [0.3, 0.4) is 0 Å². The molecule has 0 aromatic heterocycles. The zero-order valence-corrected chi connectivity index (χ0v) is 7.83. The summed E-state index contributed by atoms with van der Waals surface area (Å²) in [4.78, 5) is 0. The molecule has 1 fully saturated rings. The van der Waals surface area contributed by atoms with Crippen molar-refractivity contribution in [3.63, 3.8) is 0 Å². The van der Waals surface area contributed by atoms with E-state index in [4.69, 9.17) is 0 Å². The fourth-order valence-corrected chi connectivity index (χ4v) is 1.75. The summed E-state index contributed by atoms with van der Waals surface area (Å²) in [5.74, 6) is 0. The summed E-state index contributed by atoms with van der Waals surface area (Å²) in [6.45, 7) is 2.90. The van der Waals surface area contributed by atoms with Gasteiger partial charge in [0, 0.05) is 6.04 Å². The topological polar surface area (TPSA) is 32.3 Å². The van der Waals surface area contributed by atoms with E-state index < -0.39 is 5.60 Å². The maximum absolute atomic E-state index is 10.2. The van der Waals surface area contributed by atoms with Crippen molar-refractivity contribution in [2.24, 2.45) is 0 Å². The number of hydrogen-bond acceptors (Lipinski definition) is 2. The van der Waals surface area contributed by atoms with Crippen molar-refractivity contribution in [2.75, 3.05) is 6.54 Å². The van der Waals surface area contributed by atoms with Crippen LogP contribution in [0.2, 0.25) is 0 Å². The van der Waals surface area contributed by atoms with Gasteiger partial charge in [-0.15, -0.1) is 0 Å². The standard InChI is InChI=1S/C11H15NO/c1-11(13,10-7-8-12-10)9-5-3-2-4-6-9/h2-6,10,12-13H,7-8H2,1H3/t10-,11?/m0/s1. The van der Waals surface area contributed by atoms with Crippen molar-refractivity contribution >= 4 is 0 Å². The lowest BCUT2D eigenvalue weighted by molar-refractivity contribution is -0.00908. The normalized spacial score (nSPS) is 26.2. The Labute approximate surface area is 78.6 Å². The number of benzene rings is 1. The Kier molecular flexibility index (Phi) is 2.10. The quantitative estimate of drug-likeness (QED) is 0.712. The van der Waals surface area contributed by atoms with Crippen molar-refractivity contribution in [3.8, 4) is 0 Å². The van der Waals surface area contributed by atoms with E-state index in [1.807, 2.05) is 37.3 Å². The molecular weight excluding hydrogens is 162 g/mol. The van der Waals surface area contributed by atoms with E-state index in [2.05, 4.69) is 5.32 Å². The Morgan fingerprint density at radius 2 is 2.00 bits per heavy atom.